The minimum absolute atomic E-state index is 0.0737. The van der Waals surface area contributed by atoms with E-state index in [0.29, 0.717) is 18.1 Å². The first-order valence-corrected chi connectivity index (χ1v) is 9.43. The zero-order chi connectivity index (χ0) is 22.1. The molecule has 0 heterocycles. The van der Waals surface area contributed by atoms with Crippen LogP contribution in [0.1, 0.15) is 34.1 Å². The molecular weight excluding hydrogens is 414 g/mol. The van der Waals surface area contributed by atoms with Crippen LogP contribution in [0.3, 0.4) is 0 Å². The van der Waals surface area contributed by atoms with Crippen LogP contribution < -0.4 is 19.5 Å². The molecule has 0 unspecified atom stereocenters. The zero-order valence-electron chi connectivity index (χ0n) is 16.8. The van der Waals surface area contributed by atoms with E-state index < -0.39 is 24.4 Å². The molecule has 0 aliphatic heterocycles. The third kappa shape index (κ3) is 5.87. The summed E-state index contributed by atoms with van der Waals surface area (Å²) in [6, 6.07) is 9.17. The maximum atomic E-state index is 12.3. The molecule has 8 nitrogen and oxygen atoms in total. The average Bonchev–Trinajstić information content (AvgIpc) is 2.75. The Balaban J connectivity index is 2.00. The molecule has 30 heavy (non-hydrogen) atoms. The van der Waals surface area contributed by atoms with E-state index in [1.165, 1.54) is 32.4 Å². The number of hydrogen-bond donors (Lipinski definition) is 1. The van der Waals surface area contributed by atoms with Crippen LogP contribution in [0.25, 0.3) is 0 Å². The molecule has 0 saturated heterocycles. The number of hydrogen-bond acceptors (Lipinski definition) is 7. The summed E-state index contributed by atoms with van der Waals surface area (Å²) in [6.45, 7) is 1.71. The fourth-order valence-corrected chi connectivity index (χ4v) is 2.72. The fourth-order valence-electron chi connectivity index (χ4n) is 2.46. The highest BCUT2D eigenvalue weighted by molar-refractivity contribution is 6.32. The summed E-state index contributed by atoms with van der Waals surface area (Å²) < 4.78 is 20.8. The van der Waals surface area contributed by atoms with Gasteiger partial charge >= 0.3 is 5.97 Å². The molecule has 0 radical (unpaired) electrons. The first kappa shape index (κ1) is 23.0. The Morgan fingerprint density at radius 2 is 1.73 bits per heavy atom. The summed E-state index contributed by atoms with van der Waals surface area (Å²) in [6.07, 6.45) is 0.770. The number of benzene rings is 2. The molecule has 160 valence electrons. The molecule has 0 bridgehead atoms. The van der Waals surface area contributed by atoms with E-state index in [2.05, 4.69) is 5.32 Å². The number of imide groups is 1. The van der Waals surface area contributed by atoms with Crippen molar-refractivity contribution in [3.05, 3.63) is 52.5 Å². The van der Waals surface area contributed by atoms with Gasteiger partial charge in [0.15, 0.2) is 18.1 Å². The summed E-state index contributed by atoms with van der Waals surface area (Å²) in [5, 5.41) is 2.31. The second-order valence-corrected chi connectivity index (χ2v) is 6.40. The molecule has 0 spiro atoms. The number of nitrogens with one attached hydrogen (secondary N) is 1. The van der Waals surface area contributed by atoms with Crippen LogP contribution in [0.2, 0.25) is 5.02 Å². The quantitative estimate of drug-likeness (QED) is 0.603. The van der Waals surface area contributed by atoms with E-state index in [-0.39, 0.29) is 21.9 Å². The molecule has 2 aromatic carbocycles. The second kappa shape index (κ2) is 11.1. The standard InChI is InChI=1S/C21H22ClNO7/c1-4-9-29-19-15(22)10-13(11-17(19)28-3)21(26)30-12-18(24)23-20(25)14-7-5-6-8-16(14)27-2/h5-8,10-11H,4,9,12H2,1-3H3,(H,23,24,25). The number of ether oxygens (including phenoxy) is 4. The van der Waals surface area contributed by atoms with Gasteiger partial charge in [0.2, 0.25) is 0 Å². The van der Waals surface area contributed by atoms with Gasteiger partial charge in [-0.25, -0.2) is 4.79 Å². The lowest BCUT2D eigenvalue weighted by atomic mass is 10.2. The Labute approximate surface area is 179 Å². The molecule has 0 atom stereocenters. The van der Waals surface area contributed by atoms with Crippen molar-refractivity contribution in [2.75, 3.05) is 27.4 Å². The molecular formula is C21H22ClNO7. The van der Waals surface area contributed by atoms with Gasteiger partial charge in [0.1, 0.15) is 5.75 Å². The SMILES string of the molecule is CCCOc1c(Cl)cc(C(=O)OCC(=O)NC(=O)c2ccccc2OC)cc1OC. The molecule has 0 aromatic heterocycles. The molecule has 0 aliphatic rings. The third-order valence-corrected chi connectivity index (χ3v) is 4.14. The lowest BCUT2D eigenvalue weighted by Gasteiger charge is -2.13. The first-order chi connectivity index (χ1) is 14.4. The van der Waals surface area contributed by atoms with E-state index in [9.17, 15) is 14.4 Å². The molecule has 2 aromatic rings. The van der Waals surface area contributed by atoms with Gasteiger partial charge in [0.25, 0.3) is 11.8 Å². The molecule has 2 amide bonds. The van der Waals surface area contributed by atoms with E-state index in [0.717, 1.165) is 6.42 Å². The number of carbonyl (C=O) groups is 3. The predicted octanol–water partition coefficient (Wildman–Crippen LogP) is 3.26. The van der Waals surface area contributed by atoms with Gasteiger partial charge < -0.3 is 18.9 Å². The Hall–Kier alpha value is -3.26. The van der Waals surface area contributed by atoms with Crippen molar-refractivity contribution in [1.82, 2.24) is 5.32 Å². The Kier molecular flexibility index (Phi) is 8.49. The summed E-state index contributed by atoms with van der Waals surface area (Å²) in [5.74, 6) is -1.38. The van der Waals surface area contributed by atoms with Crippen molar-refractivity contribution >= 4 is 29.4 Å². The summed E-state index contributed by atoms with van der Waals surface area (Å²) in [5.41, 5.74) is 0.253. The molecule has 2 rings (SSSR count). The summed E-state index contributed by atoms with van der Waals surface area (Å²) in [7, 11) is 2.82. The topological polar surface area (TPSA) is 100 Å². The molecule has 9 heteroatoms. The van der Waals surface area contributed by atoms with Crippen LogP contribution in [0, 0.1) is 0 Å². The van der Waals surface area contributed by atoms with Crippen LogP contribution >= 0.6 is 11.6 Å². The van der Waals surface area contributed by atoms with Crippen molar-refractivity contribution in [3.63, 3.8) is 0 Å². The van der Waals surface area contributed by atoms with Crippen LogP contribution in [-0.4, -0.2) is 45.2 Å². The van der Waals surface area contributed by atoms with Gasteiger partial charge in [-0.3, -0.25) is 14.9 Å². The van der Waals surface area contributed by atoms with Crippen molar-refractivity contribution in [2.24, 2.45) is 0 Å². The second-order valence-electron chi connectivity index (χ2n) is 5.99. The van der Waals surface area contributed by atoms with Crippen LogP contribution in [0.4, 0.5) is 0 Å². The lowest BCUT2D eigenvalue weighted by molar-refractivity contribution is -0.123. The van der Waals surface area contributed by atoms with Crippen molar-refractivity contribution in [2.45, 2.75) is 13.3 Å². The number of halogens is 1. The Morgan fingerprint density at radius 3 is 2.40 bits per heavy atom. The maximum absolute atomic E-state index is 12.3. The molecule has 1 N–H and O–H groups in total. The summed E-state index contributed by atoms with van der Waals surface area (Å²) in [4.78, 5) is 36.5. The van der Waals surface area contributed by atoms with E-state index in [1.807, 2.05) is 6.92 Å². The first-order valence-electron chi connectivity index (χ1n) is 9.05. The molecule has 0 saturated carbocycles. The fraction of sp³-hybridized carbons (Fsp3) is 0.286. The average molecular weight is 436 g/mol. The predicted molar refractivity (Wildman–Crippen MR) is 110 cm³/mol. The van der Waals surface area contributed by atoms with Crippen LogP contribution in [0.5, 0.6) is 17.2 Å². The highest BCUT2D eigenvalue weighted by Gasteiger charge is 2.19. The van der Waals surface area contributed by atoms with E-state index in [4.69, 9.17) is 30.5 Å². The number of esters is 1. The Morgan fingerprint density at radius 1 is 1.03 bits per heavy atom. The number of carbonyl (C=O) groups excluding carboxylic acids is 3. The monoisotopic (exact) mass is 435 g/mol. The smallest absolute Gasteiger partial charge is 0.338 e. The van der Waals surface area contributed by atoms with Gasteiger partial charge in [0.05, 0.1) is 37.0 Å². The van der Waals surface area contributed by atoms with Crippen molar-refractivity contribution in [3.8, 4) is 17.2 Å². The van der Waals surface area contributed by atoms with Crippen molar-refractivity contribution < 1.29 is 33.3 Å². The third-order valence-electron chi connectivity index (χ3n) is 3.85. The van der Waals surface area contributed by atoms with Gasteiger partial charge in [-0.05, 0) is 30.7 Å². The number of amides is 2. The maximum Gasteiger partial charge on any atom is 0.338 e. The van der Waals surface area contributed by atoms with Gasteiger partial charge in [-0.15, -0.1) is 0 Å². The number of methoxy groups -OCH3 is 2. The van der Waals surface area contributed by atoms with E-state index in [1.54, 1.807) is 18.2 Å². The van der Waals surface area contributed by atoms with Gasteiger partial charge in [-0.2, -0.15) is 0 Å². The molecule has 0 aliphatic carbocycles. The number of para-hydroxylation sites is 1. The highest BCUT2D eigenvalue weighted by Crippen LogP contribution is 2.36. The normalized spacial score (nSPS) is 10.1. The zero-order valence-corrected chi connectivity index (χ0v) is 17.6. The number of rotatable bonds is 9. The van der Waals surface area contributed by atoms with Gasteiger partial charge in [0, 0.05) is 0 Å². The van der Waals surface area contributed by atoms with E-state index >= 15 is 0 Å². The molecule has 0 fully saturated rings. The summed E-state index contributed by atoms with van der Waals surface area (Å²) >= 11 is 6.17. The largest absolute Gasteiger partial charge is 0.496 e. The van der Waals surface area contributed by atoms with Crippen LogP contribution in [0.15, 0.2) is 36.4 Å². The van der Waals surface area contributed by atoms with Gasteiger partial charge in [-0.1, -0.05) is 30.7 Å². The highest BCUT2D eigenvalue weighted by atomic mass is 35.5. The minimum Gasteiger partial charge on any atom is -0.496 e. The lowest BCUT2D eigenvalue weighted by Crippen LogP contribution is -2.34. The minimum atomic E-state index is -0.808. The van der Waals surface area contributed by atoms with Crippen LogP contribution in [-0.2, 0) is 9.53 Å². The Bertz CT molecular complexity index is 930. The van der Waals surface area contributed by atoms with Crippen molar-refractivity contribution in [1.29, 1.82) is 0 Å².